The highest BCUT2D eigenvalue weighted by atomic mass is 19.1. The van der Waals surface area contributed by atoms with Crippen molar-refractivity contribution in [2.45, 2.75) is 25.0 Å². The van der Waals surface area contributed by atoms with Crippen molar-refractivity contribution < 1.29 is 28.6 Å². The molecular formula is C31H31FN4O5. The van der Waals surface area contributed by atoms with Crippen LogP contribution in [-0.2, 0) is 11.8 Å². The largest absolute Gasteiger partial charge is 0.486 e. The van der Waals surface area contributed by atoms with Gasteiger partial charge >= 0.3 is 0 Å². The fourth-order valence-electron chi connectivity index (χ4n) is 5.51. The van der Waals surface area contributed by atoms with Crippen molar-refractivity contribution in [3.8, 4) is 22.6 Å². The Balaban J connectivity index is 1.19. The minimum Gasteiger partial charge on any atom is -0.486 e. The molecule has 2 aliphatic heterocycles. The van der Waals surface area contributed by atoms with E-state index in [0.29, 0.717) is 6.54 Å². The third-order valence-corrected chi connectivity index (χ3v) is 7.62. The number of amides is 1. The molecule has 2 unspecified atom stereocenters. The normalized spacial score (nSPS) is 16.5. The Hall–Kier alpha value is -4.28. The van der Waals surface area contributed by atoms with Crippen LogP contribution in [0.4, 0.5) is 4.39 Å². The van der Waals surface area contributed by atoms with Crippen LogP contribution in [-0.4, -0.2) is 70.4 Å². The van der Waals surface area contributed by atoms with Crippen LogP contribution in [0.1, 0.15) is 34.9 Å². The standard InChI is InChI=1S/C31H31FN4O5/c1-35-17-23-14-21(8-9-25(23)34-35)19-4-6-20(7-5-19)29(38)31(39)33-26(18-36-10-2-3-11-36)28(37)22-15-24(32)30-27(16-22)40-12-13-41-30/h4-9,14-17,26,28,37H,2-3,10-13,18H2,1H3,(H,33,39). The van der Waals surface area contributed by atoms with E-state index >= 15 is 0 Å². The van der Waals surface area contributed by atoms with Crippen LogP contribution in [0.25, 0.3) is 22.0 Å². The second-order valence-corrected chi connectivity index (χ2v) is 10.5. The number of likely N-dealkylation sites (tertiary alicyclic amines) is 1. The van der Waals surface area contributed by atoms with Gasteiger partial charge in [-0.2, -0.15) is 5.10 Å². The molecule has 3 aromatic carbocycles. The molecule has 3 heterocycles. The summed E-state index contributed by atoms with van der Waals surface area (Å²) in [6, 6.07) is 14.6. The molecule has 0 saturated carbocycles. The van der Waals surface area contributed by atoms with Gasteiger partial charge in [0.1, 0.15) is 19.3 Å². The van der Waals surface area contributed by atoms with Gasteiger partial charge in [0, 0.05) is 30.7 Å². The first-order valence-electron chi connectivity index (χ1n) is 13.7. The van der Waals surface area contributed by atoms with E-state index in [0.717, 1.165) is 48.0 Å². The first-order chi connectivity index (χ1) is 19.9. The Bertz CT molecular complexity index is 1600. The first kappa shape index (κ1) is 26.9. The number of carbonyl (C=O) groups is 2. The summed E-state index contributed by atoms with van der Waals surface area (Å²) in [5.41, 5.74) is 3.22. The van der Waals surface area contributed by atoms with E-state index < -0.39 is 29.7 Å². The molecule has 212 valence electrons. The predicted molar refractivity (Wildman–Crippen MR) is 150 cm³/mol. The maximum atomic E-state index is 14.7. The molecule has 0 aliphatic carbocycles. The topological polar surface area (TPSA) is 106 Å². The molecule has 4 aromatic rings. The van der Waals surface area contributed by atoms with Crippen molar-refractivity contribution in [1.82, 2.24) is 20.0 Å². The molecule has 1 aromatic heterocycles. The molecule has 2 atom stereocenters. The number of nitrogens with one attached hydrogen (secondary N) is 1. The number of hydrogen-bond donors (Lipinski definition) is 2. The summed E-state index contributed by atoms with van der Waals surface area (Å²) in [5, 5.41) is 19.4. The number of aryl methyl sites for hydroxylation is 1. The fourth-order valence-corrected chi connectivity index (χ4v) is 5.51. The number of fused-ring (bicyclic) bond motifs is 2. The Kier molecular flexibility index (Phi) is 7.42. The van der Waals surface area contributed by atoms with Crippen LogP contribution in [0.5, 0.6) is 11.5 Å². The molecule has 41 heavy (non-hydrogen) atoms. The van der Waals surface area contributed by atoms with Crippen molar-refractivity contribution in [3.05, 3.63) is 77.7 Å². The SMILES string of the molecule is Cn1cc2cc(-c3ccc(C(=O)C(=O)NC(CN4CCCC4)C(O)c4cc(F)c5c(c4)OCCO5)cc3)ccc2n1. The number of nitrogens with zero attached hydrogens (tertiary/aromatic N) is 3. The van der Waals surface area contributed by atoms with E-state index in [1.165, 1.54) is 12.1 Å². The number of aromatic nitrogens is 2. The highest BCUT2D eigenvalue weighted by molar-refractivity contribution is 6.42. The summed E-state index contributed by atoms with van der Waals surface area (Å²) in [6.45, 7) is 2.45. The molecule has 0 radical (unpaired) electrons. The predicted octanol–water partition coefficient (Wildman–Crippen LogP) is 3.65. The van der Waals surface area contributed by atoms with Gasteiger partial charge < -0.3 is 24.8 Å². The molecule has 1 fully saturated rings. The molecule has 0 bridgehead atoms. The van der Waals surface area contributed by atoms with Gasteiger partial charge in [-0.1, -0.05) is 30.3 Å². The molecule has 0 spiro atoms. The van der Waals surface area contributed by atoms with Gasteiger partial charge in [0.15, 0.2) is 17.3 Å². The van der Waals surface area contributed by atoms with Crippen LogP contribution >= 0.6 is 0 Å². The first-order valence-corrected chi connectivity index (χ1v) is 13.7. The van der Waals surface area contributed by atoms with E-state index in [-0.39, 0.29) is 35.8 Å². The van der Waals surface area contributed by atoms with Gasteiger partial charge in [-0.05, 0) is 66.9 Å². The molecule has 1 amide bonds. The van der Waals surface area contributed by atoms with Crippen LogP contribution in [0.2, 0.25) is 0 Å². The fraction of sp³-hybridized carbons (Fsp3) is 0.323. The number of benzene rings is 3. The van der Waals surface area contributed by atoms with E-state index in [1.807, 2.05) is 31.4 Å². The second kappa shape index (κ2) is 11.3. The van der Waals surface area contributed by atoms with Crippen LogP contribution < -0.4 is 14.8 Å². The zero-order chi connectivity index (χ0) is 28.5. The van der Waals surface area contributed by atoms with Gasteiger partial charge in [0.2, 0.25) is 5.78 Å². The summed E-state index contributed by atoms with van der Waals surface area (Å²) in [6.07, 6.45) is 2.68. The van der Waals surface area contributed by atoms with Crippen molar-refractivity contribution >= 4 is 22.6 Å². The van der Waals surface area contributed by atoms with E-state index in [4.69, 9.17) is 9.47 Å². The molecular weight excluding hydrogens is 527 g/mol. The second-order valence-electron chi connectivity index (χ2n) is 10.5. The zero-order valence-electron chi connectivity index (χ0n) is 22.7. The van der Waals surface area contributed by atoms with Crippen LogP contribution in [0, 0.1) is 5.82 Å². The third kappa shape index (κ3) is 5.66. The molecule has 2 aliphatic rings. The lowest BCUT2D eigenvalue weighted by atomic mass is 9.99. The van der Waals surface area contributed by atoms with Gasteiger partial charge in [-0.25, -0.2) is 4.39 Å². The molecule has 10 heteroatoms. The molecule has 2 N–H and O–H groups in total. The third-order valence-electron chi connectivity index (χ3n) is 7.62. The average Bonchev–Trinajstić information content (AvgIpc) is 3.64. The van der Waals surface area contributed by atoms with Crippen molar-refractivity contribution in [2.75, 3.05) is 32.8 Å². The Morgan fingerprint density at radius 1 is 1.02 bits per heavy atom. The lowest BCUT2D eigenvalue weighted by Gasteiger charge is -2.29. The number of aliphatic hydroxyl groups is 1. The number of ketones is 1. The van der Waals surface area contributed by atoms with Gasteiger partial charge in [0.05, 0.1) is 11.6 Å². The van der Waals surface area contributed by atoms with Gasteiger partial charge in [-0.3, -0.25) is 14.3 Å². The quantitative estimate of drug-likeness (QED) is 0.251. The highest BCUT2D eigenvalue weighted by Gasteiger charge is 2.31. The van der Waals surface area contributed by atoms with Crippen LogP contribution in [0.3, 0.4) is 0 Å². The Morgan fingerprint density at radius 2 is 1.76 bits per heavy atom. The zero-order valence-corrected chi connectivity index (χ0v) is 22.7. The van der Waals surface area contributed by atoms with E-state index in [1.54, 1.807) is 28.9 Å². The van der Waals surface area contributed by atoms with Crippen LogP contribution in [0.15, 0.2) is 60.8 Å². The number of Topliss-reactive ketones (excluding diaryl/α,β-unsaturated/α-hetero) is 1. The Morgan fingerprint density at radius 3 is 2.54 bits per heavy atom. The Labute approximate surface area is 236 Å². The lowest BCUT2D eigenvalue weighted by molar-refractivity contribution is -0.118. The highest BCUT2D eigenvalue weighted by Crippen LogP contribution is 2.36. The number of ether oxygens (including phenoxy) is 2. The minimum absolute atomic E-state index is 0.00584. The number of halogens is 1. The smallest absolute Gasteiger partial charge is 0.292 e. The summed E-state index contributed by atoms with van der Waals surface area (Å²) >= 11 is 0. The number of aliphatic hydroxyl groups excluding tert-OH is 1. The average molecular weight is 559 g/mol. The number of hydrogen-bond acceptors (Lipinski definition) is 7. The number of rotatable bonds is 8. The number of carbonyl (C=O) groups excluding carboxylic acids is 2. The maximum absolute atomic E-state index is 14.7. The summed E-state index contributed by atoms with van der Waals surface area (Å²) in [5.74, 6) is -2.00. The van der Waals surface area contributed by atoms with E-state index in [2.05, 4.69) is 15.3 Å². The lowest BCUT2D eigenvalue weighted by Crippen LogP contribution is -2.48. The molecule has 1 saturated heterocycles. The summed E-state index contributed by atoms with van der Waals surface area (Å²) in [4.78, 5) is 28.4. The van der Waals surface area contributed by atoms with Gasteiger partial charge in [0.25, 0.3) is 5.91 Å². The molecule has 9 nitrogen and oxygen atoms in total. The monoisotopic (exact) mass is 558 g/mol. The van der Waals surface area contributed by atoms with Gasteiger partial charge in [-0.15, -0.1) is 0 Å². The van der Waals surface area contributed by atoms with Crippen molar-refractivity contribution in [3.63, 3.8) is 0 Å². The summed E-state index contributed by atoms with van der Waals surface area (Å²) < 4.78 is 27.4. The minimum atomic E-state index is -1.28. The van der Waals surface area contributed by atoms with Crippen molar-refractivity contribution in [1.29, 1.82) is 0 Å². The van der Waals surface area contributed by atoms with E-state index in [9.17, 15) is 19.1 Å². The maximum Gasteiger partial charge on any atom is 0.292 e. The van der Waals surface area contributed by atoms with Crippen molar-refractivity contribution in [2.24, 2.45) is 7.05 Å². The summed E-state index contributed by atoms with van der Waals surface area (Å²) in [7, 11) is 1.87. The molecule has 6 rings (SSSR count).